The molecule has 80 valence electrons. The highest BCUT2D eigenvalue weighted by Gasteiger charge is 2.37. The number of thiol groups is 1. The maximum atomic E-state index is 12.0. The maximum absolute atomic E-state index is 12.0. The fourth-order valence-corrected chi connectivity index (χ4v) is 2.85. The normalized spacial score (nSPS) is 33.1. The monoisotopic (exact) mass is 213 g/mol. The molecule has 2 bridgehead atoms. The molecule has 0 radical (unpaired) electrons. The van der Waals surface area contributed by atoms with Crippen LogP contribution in [0.5, 0.6) is 0 Å². The van der Waals surface area contributed by atoms with E-state index in [2.05, 4.69) is 17.5 Å². The van der Waals surface area contributed by atoms with Gasteiger partial charge in [-0.15, -0.1) is 0 Å². The van der Waals surface area contributed by atoms with Crippen molar-refractivity contribution in [2.45, 2.75) is 50.3 Å². The molecule has 0 aromatic rings. The third-order valence-corrected chi connectivity index (χ3v) is 4.25. The quantitative estimate of drug-likeness (QED) is 0.697. The maximum Gasteiger partial charge on any atom is 0.235 e. The molecule has 14 heavy (non-hydrogen) atoms. The van der Waals surface area contributed by atoms with Gasteiger partial charge in [-0.1, -0.05) is 6.92 Å². The summed E-state index contributed by atoms with van der Waals surface area (Å²) in [6.07, 6.45) is 5.95. The van der Waals surface area contributed by atoms with Crippen molar-refractivity contribution in [3.8, 4) is 0 Å². The van der Waals surface area contributed by atoms with E-state index in [0.717, 1.165) is 18.9 Å². The molecule has 3 aliphatic rings. The minimum atomic E-state index is -0.0747. The van der Waals surface area contributed by atoms with Gasteiger partial charge < -0.3 is 4.90 Å². The number of amides is 1. The van der Waals surface area contributed by atoms with Gasteiger partial charge in [0.1, 0.15) is 0 Å². The molecule has 2 heterocycles. The van der Waals surface area contributed by atoms with Crippen LogP contribution in [-0.2, 0) is 4.79 Å². The Labute approximate surface area is 91.5 Å². The van der Waals surface area contributed by atoms with E-state index < -0.39 is 0 Å². The van der Waals surface area contributed by atoms with Gasteiger partial charge in [-0.25, -0.2) is 0 Å². The summed E-state index contributed by atoms with van der Waals surface area (Å²) >= 11 is 4.34. The fraction of sp³-hybridized carbons (Fsp3) is 0.909. The van der Waals surface area contributed by atoms with Gasteiger partial charge in [-0.05, 0) is 38.0 Å². The number of hydrogen-bond acceptors (Lipinski definition) is 2. The molecule has 0 N–H and O–H groups in total. The Kier molecular flexibility index (Phi) is 3.05. The number of piperidine rings is 2. The van der Waals surface area contributed by atoms with Crippen molar-refractivity contribution in [2.24, 2.45) is 5.92 Å². The average Bonchev–Trinajstić information content (AvgIpc) is 2.28. The lowest BCUT2D eigenvalue weighted by Crippen LogP contribution is -2.52. The number of nitrogens with zero attached hydrogens (tertiary/aromatic N) is 1. The molecular weight excluding hydrogens is 194 g/mol. The molecule has 1 saturated carbocycles. The summed E-state index contributed by atoms with van der Waals surface area (Å²) in [7, 11) is 0. The smallest absolute Gasteiger partial charge is 0.235 e. The highest BCUT2D eigenvalue weighted by atomic mass is 32.1. The molecule has 3 heteroatoms. The fourth-order valence-electron chi connectivity index (χ4n) is 2.70. The first kappa shape index (κ1) is 10.3. The van der Waals surface area contributed by atoms with E-state index in [1.807, 2.05) is 6.92 Å². The van der Waals surface area contributed by atoms with Crippen molar-refractivity contribution in [3.63, 3.8) is 0 Å². The minimum Gasteiger partial charge on any atom is -0.338 e. The zero-order chi connectivity index (χ0) is 10.1. The first-order valence-corrected chi connectivity index (χ1v) is 6.22. The Morgan fingerprint density at radius 2 is 2.07 bits per heavy atom. The first-order valence-electron chi connectivity index (χ1n) is 5.71. The third-order valence-electron chi connectivity index (χ3n) is 3.67. The summed E-state index contributed by atoms with van der Waals surface area (Å²) in [4.78, 5) is 14.1. The van der Waals surface area contributed by atoms with Gasteiger partial charge in [-0.3, -0.25) is 4.79 Å². The van der Waals surface area contributed by atoms with Gasteiger partial charge in [0.25, 0.3) is 0 Å². The summed E-state index contributed by atoms with van der Waals surface area (Å²) in [6, 6.07) is 0.536. The Hall–Kier alpha value is -0.180. The van der Waals surface area contributed by atoms with Gasteiger partial charge in [0.05, 0.1) is 5.25 Å². The van der Waals surface area contributed by atoms with Crippen LogP contribution in [0.4, 0.5) is 0 Å². The van der Waals surface area contributed by atoms with Gasteiger partial charge in [0.2, 0.25) is 5.91 Å². The van der Waals surface area contributed by atoms with Crippen LogP contribution in [0.1, 0.15) is 39.0 Å². The van der Waals surface area contributed by atoms with E-state index in [1.165, 1.54) is 25.7 Å². The second-order valence-corrected chi connectivity index (χ2v) is 5.21. The van der Waals surface area contributed by atoms with Crippen LogP contribution >= 0.6 is 12.6 Å². The van der Waals surface area contributed by atoms with Crippen LogP contribution in [0.2, 0.25) is 0 Å². The first-order chi connectivity index (χ1) is 6.72. The molecule has 3 fully saturated rings. The molecule has 2 saturated heterocycles. The molecule has 0 aromatic heterocycles. The van der Waals surface area contributed by atoms with Crippen LogP contribution < -0.4 is 0 Å². The van der Waals surface area contributed by atoms with Crippen molar-refractivity contribution in [2.75, 3.05) is 6.54 Å². The molecule has 0 spiro atoms. The second-order valence-electron chi connectivity index (χ2n) is 4.59. The largest absolute Gasteiger partial charge is 0.338 e. The molecule has 1 unspecified atom stereocenters. The standard InChI is InChI=1S/C11H19NOS/c1-2-10(14)11(13)12-7-8-3-5-9(12)6-4-8/h8-10,14H,2-7H2,1H3. The van der Waals surface area contributed by atoms with E-state index in [-0.39, 0.29) is 11.2 Å². The van der Waals surface area contributed by atoms with Crippen molar-refractivity contribution >= 4 is 18.5 Å². The molecule has 1 aliphatic carbocycles. The summed E-state index contributed by atoms with van der Waals surface area (Å²) in [5, 5.41) is -0.0747. The van der Waals surface area contributed by atoms with Gasteiger partial charge in [0, 0.05) is 12.6 Å². The summed E-state index contributed by atoms with van der Waals surface area (Å²) in [6.45, 7) is 3.03. The van der Waals surface area contributed by atoms with E-state index in [1.54, 1.807) is 0 Å². The zero-order valence-corrected chi connectivity index (χ0v) is 9.67. The topological polar surface area (TPSA) is 20.3 Å². The van der Waals surface area contributed by atoms with Crippen LogP contribution in [0.3, 0.4) is 0 Å². The highest BCUT2D eigenvalue weighted by Crippen LogP contribution is 2.35. The van der Waals surface area contributed by atoms with Crippen LogP contribution in [0.25, 0.3) is 0 Å². The molecule has 2 nitrogen and oxygen atoms in total. The van der Waals surface area contributed by atoms with Crippen molar-refractivity contribution < 1.29 is 4.79 Å². The van der Waals surface area contributed by atoms with Crippen molar-refractivity contribution in [1.82, 2.24) is 4.90 Å². The summed E-state index contributed by atoms with van der Waals surface area (Å²) in [5.74, 6) is 1.05. The number of carbonyl (C=O) groups excluding carboxylic acids is 1. The van der Waals surface area contributed by atoms with E-state index in [4.69, 9.17) is 0 Å². The minimum absolute atomic E-state index is 0.0747. The molecular formula is C11H19NOS. The van der Waals surface area contributed by atoms with Crippen LogP contribution in [-0.4, -0.2) is 28.6 Å². The average molecular weight is 213 g/mol. The number of rotatable bonds is 2. The molecule has 2 aliphatic heterocycles. The third kappa shape index (κ3) is 1.79. The van der Waals surface area contributed by atoms with Crippen molar-refractivity contribution in [1.29, 1.82) is 0 Å². The number of carbonyl (C=O) groups is 1. The van der Waals surface area contributed by atoms with Gasteiger partial charge in [-0.2, -0.15) is 12.6 Å². The predicted octanol–water partition coefficient (Wildman–Crippen LogP) is 2.10. The molecule has 3 rings (SSSR count). The Morgan fingerprint density at radius 1 is 1.43 bits per heavy atom. The van der Waals surface area contributed by atoms with E-state index in [9.17, 15) is 4.79 Å². The number of fused-ring (bicyclic) bond motifs is 3. The lowest BCUT2D eigenvalue weighted by molar-refractivity contribution is -0.138. The lowest BCUT2D eigenvalue weighted by atomic mass is 9.80. The molecule has 1 atom stereocenters. The van der Waals surface area contributed by atoms with E-state index in [0.29, 0.717) is 6.04 Å². The summed E-state index contributed by atoms with van der Waals surface area (Å²) < 4.78 is 0. The van der Waals surface area contributed by atoms with E-state index >= 15 is 0 Å². The van der Waals surface area contributed by atoms with Gasteiger partial charge >= 0.3 is 0 Å². The molecule has 0 aromatic carbocycles. The van der Waals surface area contributed by atoms with Crippen LogP contribution in [0.15, 0.2) is 0 Å². The van der Waals surface area contributed by atoms with Gasteiger partial charge in [0.15, 0.2) is 0 Å². The zero-order valence-electron chi connectivity index (χ0n) is 8.78. The Morgan fingerprint density at radius 3 is 2.50 bits per heavy atom. The summed E-state index contributed by atoms with van der Waals surface area (Å²) in [5.41, 5.74) is 0. The highest BCUT2D eigenvalue weighted by molar-refractivity contribution is 7.81. The molecule has 1 amide bonds. The SMILES string of the molecule is CCC(S)C(=O)N1CC2CCC1CC2. The van der Waals surface area contributed by atoms with Crippen molar-refractivity contribution in [3.05, 3.63) is 0 Å². The Balaban J connectivity index is 2.01. The second kappa shape index (κ2) is 4.13. The number of hydrogen-bond donors (Lipinski definition) is 1. The predicted molar refractivity (Wildman–Crippen MR) is 60.5 cm³/mol. The Bertz CT molecular complexity index is 223. The lowest BCUT2D eigenvalue weighted by Gasteiger charge is -2.46. The van der Waals surface area contributed by atoms with Crippen LogP contribution in [0, 0.1) is 5.92 Å².